The summed E-state index contributed by atoms with van der Waals surface area (Å²) in [6.07, 6.45) is -3.51. The molecule has 0 amide bonds. The van der Waals surface area contributed by atoms with Gasteiger partial charge in [-0.1, -0.05) is 114 Å². The molecule has 0 fully saturated rings. The SMILES string of the molecule is CC(C)(C)C.COc1ccc(C(C)(C)c2ccc(OC)cc2)cc1.COc1ccc(C(C)(c2ccc(OC)cc2)C(F)(F)F)cc1.COc1ccc(Cc2ccc(OC)cc2)cc1.COc1ccc(OC)cc1. The van der Waals surface area contributed by atoms with E-state index in [-0.39, 0.29) is 16.5 Å². The molecule has 73 heavy (non-hydrogen) atoms. The molecule has 7 aromatic rings. The lowest BCUT2D eigenvalue weighted by Gasteiger charge is -2.33. The molecule has 0 spiro atoms. The van der Waals surface area contributed by atoms with E-state index in [0.29, 0.717) is 16.9 Å². The molecular formula is C62H75F3O8. The van der Waals surface area contributed by atoms with Crippen molar-refractivity contribution < 1.29 is 51.1 Å². The molecule has 0 saturated carbocycles. The van der Waals surface area contributed by atoms with Gasteiger partial charge < -0.3 is 37.9 Å². The van der Waals surface area contributed by atoms with Crippen LogP contribution in [-0.2, 0) is 17.3 Å². The lowest BCUT2D eigenvalue weighted by Crippen LogP contribution is -2.40. The average molecular weight is 1010 g/mol. The van der Waals surface area contributed by atoms with E-state index in [1.807, 2.05) is 72.8 Å². The zero-order valence-corrected chi connectivity index (χ0v) is 45.3. The fourth-order valence-electron chi connectivity index (χ4n) is 6.96. The van der Waals surface area contributed by atoms with Gasteiger partial charge in [0.25, 0.3) is 0 Å². The lowest BCUT2D eigenvalue weighted by molar-refractivity contribution is -0.173. The van der Waals surface area contributed by atoms with Crippen molar-refractivity contribution in [2.45, 2.75) is 71.9 Å². The Morgan fingerprint density at radius 3 is 0.616 bits per heavy atom. The minimum atomic E-state index is -4.43. The van der Waals surface area contributed by atoms with E-state index in [1.54, 1.807) is 42.7 Å². The molecule has 0 aliphatic rings. The summed E-state index contributed by atoms with van der Waals surface area (Å²) in [6.45, 7) is 14.4. The van der Waals surface area contributed by atoms with Gasteiger partial charge in [0, 0.05) is 5.41 Å². The second-order valence-corrected chi connectivity index (χ2v) is 18.9. The molecule has 0 radical (unpaired) electrons. The first-order chi connectivity index (χ1) is 34.6. The third-order valence-electron chi connectivity index (χ3n) is 11.5. The zero-order chi connectivity index (χ0) is 54.2. The maximum atomic E-state index is 13.8. The number of ether oxygens (including phenoxy) is 8. The molecule has 0 saturated heterocycles. The van der Waals surface area contributed by atoms with Crippen LogP contribution in [0.4, 0.5) is 13.2 Å². The second-order valence-electron chi connectivity index (χ2n) is 18.9. The van der Waals surface area contributed by atoms with E-state index in [9.17, 15) is 13.2 Å². The maximum absolute atomic E-state index is 13.8. The summed E-state index contributed by atoms with van der Waals surface area (Å²) >= 11 is 0. The highest BCUT2D eigenvalue weighted by atomic mass is 19.4. The molecule has 0 aliphatic heterocycles. The van der Waals surface area contributed by atoms with E-state index < -0.39 is 11.6 Å². The van der Waals surface area contributed by atoms with Crippen molar-refractivity contribution in [1.82, 2.24) is 0 Å². The van der Waals surface area contributed by atoms with Gasteiger partial charge in [-0.3, -0.25) is 0 Å². The van der Waals surface area contributed by atoms with Crippen LogP contribution in [0.5, 0.6) is 46.0 Å². The minimum absolute atomic E-state index is 0.0431. The highest BCUT2D eigenvalue weighted by Gasteiger charge is 2.53. The van der Waals surface area contributed by atoms with Gasteiger partial charge in [-0.05, 0) is 149 Å². The summed E-state index contributed by atoms with van der Waals surface area (Å²) in [7, 11) is 13.0. The van der Waals surface area contributed by atoms with E-state index in [0.717, 1.165) is 40.9 Å². The molecule has 0 N–H and O–H groups in total. The molecule has 0 atom stereocenters. The van der Waals surface area contributed by atoms with Gasteiger partial charge in [-0.15, -0.1) is 0 Å². The minimum Gasteiger partial charge on any atom is -0.497 e. The molecule has 7 aromatic carbocycles. The molecule has 8 nitrogen and oxygen atoms in total. The number of hydrogen-bond donors (Lipinski definition) is 0. The normalized spacial score (nSPS) is 10.9. The number of hydrogen-bond acceptors (Lipinski definition) is 8. The number of alkyl halides is 3. The van der Waals surface area contributed by atoms with Gasteiger partial charge in [0.2, 0.25) is 0 Å². The van der Waals surface area contributed by atoms with Crippen molar-refractivity contribution in [2.75, 3.05) is 56.9 Å². The van der Waals surface area contributed by atoms with Gasteiger partial charge in [0.15, 0.2) is 0 Å². The summed E-state index contributed by atoms with van der Waals surface area (Å²) in [6, 6.07) is 52.1. The van der Waals surface area contributed by atoms with Crippen molar-refractivity contribution in [3.05, 3.63) is 203 Å². The van der Waals surface area contributed by atoms with Crippen LogP contribution in [0.15, 0.2) is 170 Å². The van der Waals surface area contributed by atoms with E-state index in [2.05, 4.69) is 90.1 Å². The van der Waals surface area contributed by atoms with Gasteiger partial charge in [0.05, 0.1) is 56.9 Å². The summed E-state index contributed by atoms with van der Waals surface area (Å²) in [5.41, 5.74) is 3.74. The second kappa shape index (κ2) is 28.7. The third kappa shape index (κ3) is 19.0. The van der Waals surface area contributed by atoms with Crippen LogP contribution >= 0.6 is 0 Å². The Bertz CT molecular complexity index is 2410. The highest BCUT2D eigenvalue weighted by Crippen LogP contribution is 2.46. The first-order valence-corrected chi connectivity index (χ1v) is 23.7. The largest absolute Gasteiger partial charge is 0.497 e. The van der Waals surface area contributed by atoms with Crippen LogP contribution in [-0.4, -0.2) is 63.1 Å². The average Bonchev–Trinajstić information content (AvgIpc) is 3.41. The Kier molecular flexibility index (Phi) is 23.6. The van der Waals surface area contributed by atoms with Crippen molar-refractivity contribution in [3.8, 4) is 46.0 Å². The predicted molar refractivity (Wildman–Crippen MR) is 290 cm³/mol. The van der Waals surface area contributed by atoms with Crippen molar-refractivity contribution in [3.63, 3.8) is 0 Å². The predicted octanol–water partition coefficient (Wildman–Crippen LogP) is 15.7. The quantitative estimate of drug-likeness (QED) is 0.107. The fraction of sp³-hybridized carbons (Fsp3) is 0.323. The Labute approximate surface area is 433 Å². The molecule has 0 bridgehead atoms. The molecular weight excluding hydrogens is 930 g/mol. The van der Waals surface area contributed by atoms with Crippen molar-refractivity contribution >= 4 is 0 Å². The highest BCUT2D eigenvalue weighted by molar-refractivity contribution is 5.45. The Balaban J connectivity index is 0.000000255. The lowest BCUT2D eigenvalue weighted by atomic mass is 9.75. The van der Waals surface area contributed by atoms with E-state index in [1.165, 1.54) is 91.9 Å². The molecule has 0 aliphatic carbocycles. The first kappa shape index (κ1) is 60.0. The van der Waals surface area contributed by atoms with E-state index >= 15 is 0 Å². The summed E-state index contributed by atoms with van der Waals surface area (Å²) < 4.78 is 81.9. The van der Waals surface area contributed by atoms with Crippen LogP contribution in [0.2, 0.25) is 0 Å². The third-order valence-corrected chi connectivity index (χ3v) is 11.5. The van der Waals surface area contributed by atoms with Gasteiger partial charge >= 0.3 is 6.18 Å². The van der Waals surface area contributed by atoms with Gasteiger partial charge in [-0.25, -0.2) is 0 Å². The monoisotopic (exact) mass is 1000 g/mol. The number of benzene rings is 7. The smallest absolute Gasteiger partial charge is 0.402 e. The zero-order valence-electron chi connectivity index (χ0n) is 45.3. The molecule has 11 heteroatoms. The Morgan fingerprint density at radius 1 is 0.274 bits per heavy atom. The molecule has 7 rings (SSSR count). The Hall–Kier alpha value is -7.27. The van der Waals surface area contributed by atoms with Crippen molar-refractivity contribution in [1.29, 1.82) is 0 Å². The number of rotatable bonds is 14. The van der Waals surface area contributed by atoms with Gasteiger partial charge in [0.1, 0.15) is 51.4 Å². The summed E-state index contributed by atoms with van der Waals surface area (Å²) in [5, 5.41) is 0. The van der Waals surface area contributed by atoms with Crippen LogP contribution in [0.1, 0.15) is 81.8 Å². The maximum Gasteiger partial charge on any atom is 0.402 e. The standard InChI is InChI=1S/C17H17F3O2.C17H20O2.C15H16O2.C8H10O2.C5H12/c1-16(17(18,19)20,12-4-8-14(21-2)9-5-12)13-6-10-15(22-3)11-7-13;1-17(2,13-5-9-15(18-3)10-6-13)14-7-11-16(19-4)12-8-14;1-16-14-7-3-12(4-8-14)11-13-5-9-15(17-2)10-6-13;1-9-7-3-5-8(10-2)6-4-7;1-5(2,3)4/h4-11H,1-3H3;5-12H,1-4H3;3-10H,11H2,1-2H3;3-6H,1-2H3;1-4H3. The van der Waals surface area contributed by atoms with Crippen LogP contribution in [0.3, 0.4) is 0 Å². The molecule has 0 unspecified atom stereocenters. The topological polar surface area (TPSA) is 73.8 Å². The summed E-state index contributed by atoms with van der Waals surface area (Å²) in [4.78, 5) is 0. The molecule has 0 aromatic heterocycles. The van der Waals surface area contributed by atoms with Crippen LogP contribution in [0.25, 0.3) is 0 Å². The van der Waals surface area contributed by atoms with Crippen LogP contribution < -0.4 is 37.9 Å². The van der Waals surface area contributed by atoms with Gasteiger partial charge in [-0.2, -0.15) is 13.2 Å². The van der Waals surface area contributed by atoms with E-state index in [4.69, 9.17) is 37.9 Å². The first-order valence-electron chi connectivity index (χ1n) is 23.7. The molecule has 392 valence electrons. The number of methoxy groups -OCH3 is 8. The number of halogens is 3. The summed E-state index contributed by atoms with van der Waals surface area (Å²) in [5.74, 6) is 6.28. The van der Waals surface area contributed by atoms with Crippen molar-refractivity contribution in [2.24, 2.45) is 5.41 Å². The Morgan fingerprint density at radius 2 is 0.438 bits per heavy atom. The fourth-order valence-corrected chi connectivity index (χ4v) is 6.96. The molecule has 0 heterocycles. The van der Waals surface area contributed by atoms with Crippen LogP contribution in [0, 0.1) is 5.41 Å².